The lowest BCUT2D eigenvalue weighted by Crippen LogP contribution is -2.06. The molecule has 0 saturated carbocycles. The van der Waals surface area contributed by atoms with Crippen molar-refractivity contribution in [3.8, 4) is 6.07 Å². The number of rotatable bonds is 3. The molecule has 1 rings (SSSR count). The van der Waals surface area contributed by atoms with Gasteiger partial charge in [0.15, 0.2) is 5.69 Å². The molecule has 4 heteroatoms. The molecule has 0 saturated heterocycles. The van der Waals surface area contributed by atoms with E-state index in [4.69, 9.17) is 5.26 Å². The molecule has 0 aliphatic heterocycles. The first-order valence-electron chi connectivity index (χ1n) is 4.36. The number of carbonyl (C=O) groups excluding carboxylic acids is 1. The van der Waals surface area contributed by atoms with Gasteiger partial charge in [-0.15, -0.1) is 0 Å². The van der Waals surface area contributed by atoms with Crippen LogP contribution in [0.5, 0.6) is 0 Å². The molecule has 0 aliphatic carbocycles. The van der Waals surface area contributed by atoms with E-state index in [1.165, 1.54) is 13.3 Å². The maximum Gasteiger partial charge on any atom is 0.357 e. The monoisotopic (exact) mass is 202 g/mol. The maximum absolute atomic E-state index is 11.3. The molecule has 0 fully saturated rings. The molecule has 0 aromatic carbocycles. The number of ether oxygens (including phenoxy) is 1. The van der Waals surface area contributed by atoms with Gasteiger partial charge in [-0.1, -0.05) is 18.2 Å². The standard InChI is InChI=1S/C11H10N2O2/c1-15-11(14)10-9(5-2-3-7-12)6-4-8-13-10/h2,4-6,8H,3H2,1H3. The summed E-state index contributed by atoms with van der Waals surface area (Å²) < 4.78 is 4.58. The van der Waals surface area contributed by atoms with Crippen LogP contribution in [0.2, 0.25) is 0 Å². The Morgan fingerprint density at radius 2 is 2.53 bits per heavy atom. The maximum atomic E-state index is 11.3. The SMILES string of the molecule is COC(=O)c1ncccc1C=CCC#N. The summed E-state index contributed by atoms with van der Waals surface area (Å²) in [7, 11) is 1.31. The van der Waals surface area contributed by atoms with Gasteiger partial charge in [0.05, 0.1) is 19.6 Å². The van der Waals surface area contributed by atoms with E-state index < -0.39 is 5.97 Å². The van der Waals surface area contributed by atoms with Gasteiger partial charge in [-0.3, -0.25) is 0 Å². The molecule has 1 aromatic rings. The molecule has 4 nitrogen and oxygen atoms in total. The highest BCUT2D eigenvalue weighted by atomic mass is 16.5. The van der Waals surface area contributed by atoms with E-state index in [1.807, 2.05) is 6.07 Å². The van der Waals surface area contributed by atoms with Crippen LogP contribution in [-0.2, 0) is 4.74 Å². The van der Waals surface area contributed by atoms with E-state index in [1.54, 1.807) is 24.3 Å². The van der Waals surface area contributed by atoms with Gasteiger partial charge in [-0.2, -0.15) is 5.26 Å². The van der Waals surface area contributed by atoms with E-state index in [-0.39, 0.29) is 5.69 Å². The smallest absolute Gasteiger partial charge is 0.357 e. The molecule has 0 aliphatic rings. The highest BCUT2D eigenvalue weighted by Crippen LogP contribution is 2.09. The Bertz CT molecular complexity index is 419. The van der Waals surface area contributed by atoms with Gasteiger partial charge < -0.3 is 4.74 Å². The topological polar surface area (TPSA) is 63.0 Å². The lowest BCUT2D eigenvalue weighted by Gasteiger charge is -2.01. The van der Waals surface area contributed by atoms with Crippen molar-refractivity contribution >= 4 is 12.0 Å². The Balaban J connectivity index is 2.97. The molecule has 1 heterocycles. The quantitative estimate of drug-likeness (QED) is 0.701. The van der Waals surface area contributed by atoms with Crippen LogP contribution >= 0.6 is 0 Å². The van der Waals surface area contributed by atoms with Crippen molar-refractivity contribution < 1.29 is 9.53 Å². The minimum Gasteiger partial charge on any atom is -0.464 e. The Labute approximate surface area is 87.8 Å². The van der Waals surface area contributed by atoms with Crippen LogP contribution < -0.4 is 0 Å². The molecule has 0 radical (unpaired) electrons. The van der Waals surface area contributed by atoms with Crippen LogP contribution in [0.4, 0.5) is 0 Å². The second-order valence-electron chi connectivity index (χ2n) is 2.70. The minimum atomic E-state index is -0.479. The Hall–Kier alpha value is -2.15. The number of aromatic nitrogens is 1. The van der Waals surface area contributed by atoms with Crippen molar-refractivity contribution in [3.63, 3.8) is 0 Å². The molecular weight excluding hydrogens is 192 g/mol. The summed E-state index contributed by atoms with van der Waals surface area (Å²) in [5, 5.41) is 8.36. The number of esters is 1. The first-order chi connectivity index (χ1) is 7.29. The number of hydrogen-bond donors (Lipinski definition) is 0. The molecule has 0 bridgehead atoms. The molecule has 76 valence electrons. The molecule has 15 heavy (non-hydrogen) atoms. The number of hydrogen-bond acceptors (Lipinski definition) is 4. The van der Waals surface area contributed by atoms with Crippen LogP contribution in [0, 0.1) is 11.3 Å². The first kappa shape index (κ1) is 10.9. The number of pyridine rings is 1. The normalized spacial score (nSPS) is 9.87. The zero-order valence-corrected chi connectivity index (χ0v) is 8.30. The van der Waals surface area contributed by atoms with Gasteiger partial charge in [-0.05, 0) is 6.07 Å². The average molecular weight is 202 g/mol. The third-order valence-electron chi connectivity index (χ3n) is 1.72. The van der Waals surface area contributed by atoms with Crippen LogP contribution in [0.25, 0.3) is 6.08 Å². The molecule has 0 unspecified atom stereocenters. The van der Waals surface area contributed by atoms with Crippen LogP contribution in [-0.4, -0.2) is 18.1 Å². The molecule has 1 aromatic heterocycles. The second-order valence-corrected chi connectivity index (χ2v) is 2.70. The number of nitrogens with zero attached hydrogens (tertiary/aromatic N) is 2. The Kier molecular flexibility index (Phi) is 4.05. The van der Waals surface area contributed by atoms with Gasteiger partial charge in [0.25, 0.3) is 0 Å². The second kappa shape index (κ2) is 5.55. The van der Waals surface area contributed by atoms with E-state index in [9.17, 15) is 4.79 Å². The van der Waals surface area contributed by atoms with Crippen molar-refractivity contribution in [2.24, 2.45) is 0 Å². The molecule has 0 spiro atoms. The Morgan fingerprint density at radius 3 is 3.20 bits per heavy atom. The highest BCUT2D eigenvalue weighted by Gasteiger charge is 2.10. The lowest BCUT2D eigenvalue weighted by molar-refractivity contribution is 0.0594. The van der Waals surface area contributed by atoms with Gasteiger partial charge >= 0.3 is 5.97 Å². The lowest BCUT2D eigenvalue weighted by atomic mass is 10.1. The molecule has 0 atom stereocenters. The predicted octanol–water partition coefficient (Wildman–Crippen LogP) is 1.80. The molecule has 0 N–H and O–H groups in total. The third kappa shape index (κ3) is 2.92. The third-order valence-corrected chi connectivity index (χ3v) is 1.72. The predicted molar refractivity (Wildman–Crippen MR) is 54.8 cm³/mol. The summed E-state index contributed by atoms with van der Waals surface area (Å²) in [6, 6.07) is 5.44. The zero-order chi connectivity index (χ0) is 11.1. The van der Waals surface area contributed by atoms with Crippen molar-refractivity contribution in [1.82, 2.24) is 4.98 Å². The van der Waals surface area contributed by atoms with Crippen LogP contribution in [0.1, 0.15) is 22.5 Å². The zero-order valence-electron chi connectivity index (χ0n) is 8.30. The molecular formula is C11H10N2O2. The van der Waals surface area contributed by atoms with Crippen molar-refractivity contribution in [2.75, 3.05) is 7.11 Å². The van der Waals surface area contributed by atoms with Crippen molar-refractivity contribution in [2.45, 2.75) is 6.42 Å². The van der Waals surface area contributed by atoms with E-state index in [0.717, 1.165) is 0 Å². The fraction of sp³-hybridized carbons (Fsp3) is 0.182. The number of carbonyl (C=O) groups is 1. The summed E-state index contributed by atoms with van der Waals surface area (Å²) in [6.07, 6.45) is 5.18. The van der Waals surface area contributed by atoms with Crippen LogP contribution in [0.3, 0.4) is 0 Å². The van der Waals surface area contributed by atoms with Crippen molar-refractivity contribution in [1.29, 1.82) is 5.26 Å². The molecule has 0 amide bonds. The van der Waals surface area contributed by atoms with Crippen molar-refractivity contribution in [3.05, 3.63) is 35.7 Å². The minimum absolute atomic E-state index is 0.259. The van der Waals surface area contributed by atoms with Crippen LogP contribution in [0.15, 0.2) is 24.4 Å². The first-order valence-corrected chi connectivity index (χ1v) is 4.36. The summed E-state index contributed by atoms with van der Waals surface area (Å²) >= 11 is 0. The number of allylic oxidation sites excluding steroid dienone is 1. The summed E-state index contributed by atoms with van der Waals surface area (Å²) in [6.45, 7) is 0. The summed E-state index contributed by atoms with van der Waals surface area (Å²) in [5.74, 6) is -0.479. The fourth-order valence-corrected chi connectivity index (χ4v) is 1.06. The van der Waals surface area contributed by atoms with E-state index in [0.29, 0.717) is 12.0 Å². The van der Waals surface area contributed by atoms with Gasteiger partial charge in [-0.25, -0.2) is 9.78 Å². The number of nitriles is 1. The summed E-state index contributed by atoms with van der Waals surface area (Å²) in [4.78, 5) is 15.2. The Morgan fingerprint density at radius 1 is 1.73 bits per heavy atom. The fourth-order valence-electron chi connectivity index (χ4n) is 1.06. The van der Waals surface area contributed by atoms with Gasteiger partial charge in [0, 0.05) is 11.8 Å². The van der Waals surface area contributed by atoms with E-state index >= 15 is 0 Å². The van der Waals surface area contributed by atoms with E-state index in [2.05, 4.69) is 9.72 Å². The highest BCUT2D eigenvalue weighted by molar-refractivity contribution is 5.91. The summed E-state index contributed by atoms with van der Waals surface area (Å²) in [5.41, 5.74) is 0.911. The largest absolute Gasteiger partial charge is 0.464 e. The number of methoxy groups -OCH3 is 1. The van der Waals surface area contributed by atoms with Gasteiger partial charge in [0.2, 0.25) is 0 Å². The van der Waals surface area contributed by atoms with Gasteiger partial charge in [0.1, 0.15) is 0 Å². The average Bonchev–Trinajstić information content (AvgIpc) is 2.29.